The monoisotopic (exact) mass is 463 g/mol. The zero-order valence-electron chi connectivity index (χ0n) is 13.9. The van der Waals surface area contributed by atoms with Gasteiger partial charge in [-0.2, -0.15) is 0 Å². The number of thiophene rings is 1. The molecule has 0 aliphatic rings. The maximum absolute atomic E-state index is 12.4. The Morgan fingerprint density at radius 3 is 2.67 bits per heavy atom. The molecule has 0 fully saturated rings. The second-order valence-electron chi connectivity index (χ2n) is 5.63. The number of sulfonamides is 1. The van der Waals surface area contributed by atoms with E-state index in [1.54, 1.807) is 30.7 Å². The van der Waals surface area contributed by atoms with E-state index in [0.29, 0.717) is 12.2 Å². The summed E-state index contributed by atoms with van der Waals surface area (Å²) in [6, 6.07) is 10.7. The number of fused-ring (bicyclic) bond motifs is 1. The van der Waals surface area contributed by atoms with E-state index in [-0.39, 0.29) is 10.8 Å². The minimum atomic E-state index is -3.55. The van der Waals surface area contributed by atoms with Crippen LogP contribution in [-0.2, 0) is 16.6 Å². The maximum Gasteiger partial charge on any atom is 0.250 e. The molecular formula is C17H14BrN5O2S2. The number of pyridine rings is 2. The van der Waals surface area contributed by atoms with Crippen LogP contribution in [0.5, 0.6) is 0 Å². The van der Waals surface area contributed by atoms with Crippen LogP contribution in [0, 0.1) is 0 Å². The van der Waals surface area contributed by atoms with E-state index in [4.69, 9.17) is 0 Å². The van der Waals surface area contributed by atoms with Gasteiger partial charge < -0.3 is 4.57 Å². The summed E-state index contributed by atoms with van der Waals surface area (Å²) in [6.07, 6.45) is 5.10. The topological polar surface area (TPSA) is 89.8 Å². The molecule has 0 spiro atoms. The molecule has 4 rings (SSSR count). The Bertz CT molecular complexity index is 1190. The van der Waals surface area contributed by atoms with Gasteiger partial charge in [0.25, 0.3) is 0 Å². The van der Waals surface area contributed by atoms with Crippen molar-refractivity contribution < 1.29 is 8.42 Å². The maximum atomic E-state index is 12.4. The third kappa shape index (κ3) is 3.79. The highest BCUT2D eigenvalue weighted by molar-refractivity contribution is 9.11. The van der Waals surface area contributed by atoms with Crippen LogP contribution in [0.3, 0.4) is 0 Å². The second kappa shape index (κ2) is 7.47. The van der Waals surface area contributed by atoms with Gasteiger partial charge in [0.1, 0.15) is 15.6 Å². The lowest BCUT2D eigenvalue weighted by atomic mass is 10.2. The first-order valence-corrected chi connectivity index (χ1v) is 11.1. The number of hydrogen-bond donors (Lipinski definition) is 1. The quantitative estimate of drug-likeness (QED) is 0.473. The van der Waals surface area contributed by atoms with E-state index < -0.39 is 10.0 Å². The summed E-state index contributed by atoms with van der Waals surface area (Å²) >= 11 is 4.46. The molecule has 0 atom stereocenters. The molecule has 4 heterocycles. The highest BCUT2D eigenvalue weighted by atomic mass is 79.9. The molecule has 0 amide bonds. The van der Waals surface area contributed by atoms with Crippen LogP contribution in [0.4, 0.5) is 0 Å². The van der Waals surface area contributed by atoms with Crippen molar-refractivity contribution in [1.82, 2.24) is 24.2 Å². The summed E-state index contributed by atoms with van der Waals surface area (Å²) < 4.78 is 30.4. The molecule has 0 bridgehead atoms. The fourth-order valence-electron chi connectivity index (χ4n) is 2.70. The van der Waals surface area contributed by atoms with Crippen molar-refractivity contribution in [3.05, 3.63) is 58.8 Å². The molecule has 0 aromatic carbocycles. The summed E-state index contributed by atoms with van der Waals surface area (Å²) in [4.78, 5) is 13.1. The highest BCUT2D eigenvalue weighted by Gasteiger charge is 2.18. The molecule has 0 aliphatic carbocycles. The molecule has 7 nitrogen and oxygen atoms in total. The van der Waals surface area contributed by atoms with Gasteiger partial charge in [-0.15, -0.1) is 11.3 Å². The average Bonchev–Trinajstić information content (AvgIpc) is 3.27. The number of aromatic nitrogens is 4. The summed E-state index contributed by atoms with van der Waals surface area (Å²) in [5, 5.41) is 0. The summed E-state index contributed by atoms with van der Waals surface area (Å²) in [6.45, 7) is 0.620. The Morgan fingerprint density at radius 2 is 1.93 bits per heavy atom. The molecule has 4 aromatic rings. The molecule has 138 valence electrons. The number of imidazole rings is 1. The third-order valence-electron chi connectivity index (χ3n) is 3.88. The number of nitrogens with one attached hydrogen (secondary N) is 1. The molecule has 27 heavy (non-hydrogen) atoms. The Kier molecular flexibility index (Phi) is 5.04. The van der Waals surface area contributed by atoms with Gasteiger partial charge in [0.05, 0.1) is 3.79 Å². The second-order valence-corrected chi connectivity index (χ2v) is 10.1. The molecule has 0 aliphatic heterocycles. The average molecular weight is 464 g/mol. The van der Waals surface area contributed by atoms with Crippen LogP contribution in [0.2, 0.25) is 0 Å². The van der Waals surface area contributed by atoms with Gasteiger partial charge in [0.15, 0.2) is 5.65 Å². The third-order valence-corrected chi connectivity index (χ3v) is 7.46. The van der Waals surface area contributed by atoms with Crippen LogP contribution in [0.15, 0.2) is 63.0 Å². The number of halogens is 1. The first-order valence-electron chi connectivity index (χ1n) is 8.01. The van der Waals surface area contributed by atoms with E-state index in [2.05, 4.69) is 35.6 Å². The Balaban J connectivity index is 1.62. The molecule has 0 unspecified atom stereocenters. The molecule has 1 N–H and O–H groups in total. The van der Waals surface area contributed by atoms with Gasteiger partial charge in [-0.1, -0.05) is 0 Å². The minimum Gasteiger partial charge on any atom is -0.307 e. The van der Waals surface area contributed by atoms with Gasteiger partial charge in [-0.3, -0.25) is 4.98 Å². The Morgan fingerprint density at radius 1 is 1.11 bits per heavy atom. The number of nitrogens with zero attached hydrogens (tertiary/aromatic N) is 4. The lowest BCUT2D eigenvalue weighted by Crippen LogP contribution is -2.27. The molecule has 4 aromatic heterocycles. The van der Waals surface area contributed by atoms with Crippen LogP contribution in [0.1, 0.15) is 0 Å². The molecule has 0 radical (unpaired) electrons. The van der Waals surface area contributed by atoms with Gasteiger partial charge in [-0.25, -0.2) is 23.1 Å². The largest absolute Gasteiger partial charge is 0.307 e. The Labute approximate surface area is 168 Å². The molecule has 0 saturated carbocycles. The zero-order chi connectivity index (χ0) is 18.9. The fourth-order valence-corrected chi connectivity index (χ4v) is 5.77. The van der Waals surface area contributed by atoms with E-state index in [9.17, 15) is 8.42 Å². The first kappa shape index (κ1) is 18.2. The van der Waals surface area contributed by atoms with Crippen LogP contribution in [-0.4, -0.2) is 34.5 Å². The smallest absolute Gasteiger partial charge is 0.250 e. The lowest BCUT2D eigenvalue weighted by Gasteiger charge is -2.10. The number of rotatable bonds is 6. The van der Waals surface area contributed by atoms with Crippen molar-refractivity contribution in [1.29, 1.82) is 0 Å². The van der Waals surface area contributed by atoms with E-state index in [1.807, 2.05) is 28.8 Å². The lowest BCUT2D eigenvalue weighted by molar-refractivity contribution is 0.576. The number of hydrogen-bond acceptors (Lipinski definition) is 6. The van der Waals surface area contributed by atoms with Gasteiger partial charge >= 0.3 is 0 Å². The summed E-state index contributed by atoms with van der Waals surface area (Å²) in [5.74, 6) is 0.726. The van der Waals surface area contributed by atoms with Gasteiger partial charge in [-0.05, 0) is 52.3 Å². The summed E-state index contributed by atoms with van der Waals surface area (Å²) in [5.41, 5.74) is 2.37. The minimum absolute atomic E-state index is 0.220. The Hall–Kier alpha value is -2.14. The van der Waals surface area contributed by atoms with Crippen molar-refractivity contribution in [3.63, 3.8) is 0 Å². The van der Waals surface area contributed by atoms with Crippen molar-refractivity contribution in [2.24, 2.45) is 0 Å². The van der Waals surface area contributed by atoms with E-state index in [1.165, 1.54) is 11.3 Å². The zero-order valence-corrected chi connectivity index (χ0v) is 17.1. The molecule has 10 heteroatoms. The van der Waals surface area contributed by atoms with Crippen molar-refractivity contribution >= 4 is 48.5 Å². The van der Waals surface area contributed by atoms with Gasteiger partial charge in [0.2, 0.25) is 10.0 Å². The molecule has 0 saturated heterocycles. The first-order chi connectivity index (χ1) is 13.0. The van der Waals surface area contributed by atoms with Crippen LogP contribution in [0.25, 0.3) is 22.6 Å². The predicted molar refractivity (Wildman–Crippen MR) is 108 cm³/mol. The normalized spacial score (nSPS) is 11.9. The van der Waals surface area contributed by atoms with Crippen molar-refractivity contribution in [2.75, 3.05) is 6.54 Å². The van der Waals surface area contributed by atoms with Crippen LogP contribution < -0.4 is 4.72 Å². The molecular weight excluding hydrogens is 450 g/mol. The SMILES string of the molecule is O=S(=O)(NCCn1c(-c2ccncc2)nc2cccnc21)c1ccc(Br)s1. The van der Waals surface area contributed by atoms with Crippen molar-refractivity contribution in [3.8, 4) is 11.4 Å². The van der Waals surface area contributed by atoms with Crippen molar-refractivity contribution in [2.45, 2.75) is 10.8 Å². The van der Waals surface area contributed by atoms with E-state index >= 15 is 0 Å². The predicted octanol–water partition coefficient (Wildman–Crippen LogP) is 3.30. The van der Waals surface area contributed by atoms with Crippen LogP contribution >= 0.6 is 27.3 Å². The standard InChI is InChI=1S/C17H14BrN5O2S2/c18-14-3-4-15(26-14)27(24,25)21-10-11-23-16(12-5-8-19-9-6-12)22-13-2-1-7-20-17(13)23/h1-9,21H,10-11H2. The highest BCUT2D eigenvalue weighted by Crippen LogP contribution is 2.26. The fraction of sp³-hybridized carbons (Fsp3) is 0.118. The van der Waals surface area contributed by atoms with Gasteiger partial charge in [0, 0.05) is 37.2 Å². The van der Waals surface area contributed by atoms with E-state index in [0.717, 1.165) is 20.7 Å². The summed E-state index contributed by atoms with van der Waals surface area (Å²) in [7, 11) is -3.55.